The monoisotopic (exact) mass is 265 g/mol. The van der Waals surface area contributed by atoms with Gasteiger partial charge in [-0.25, -0.2) is 0 Å². The average molecular weight is 265 g/mol. The van der Waals surface area contributed by atoms with Crippen LogP contribution in [0.2, 0.25) is 0 Å². The summed E-state index contributed by atoms with van der Waals surface area (Å²) in [6, 6.07) is 0. The van der Waals surface area contributed by atoms with Crippen LogP contribution in [-0.4, -0.2) is 45.2 Å². The molecule has 6 heteroatoms. The predicted octanol–water partition coefficient (Wildman–Crippen LogP) is 0.616. The number of amides is 1. The topological polar surface area (TPSA) is 63.1 Å². The van der Waals surface area contributed by atoms with Gasteiger partial charge in [0.05, 0.1) is 6.54 Å². The van der Waals surface area contributed by atoms with Gasteiger partial charge in [-0.3, -0.25) is 4.79 Å². The Kier molecular flexibility index (Phi) is 4.90. The number of aromatic nitrogens is 3. The van der Waals surface area contributed by atoms with E-state index in [2.05, 4.69) is 15.5 Å². The lowest BCUT2D eigenvalue weighted by molar-refractivity contribution is -0.131. The number of piperidine rings is 1. The van der Waals surface area contributed by atoms with Crippen LogP contribution >= 0.6 is 0 Å². The quantitative estimate of drug-likeness (QED) is 0.793. The van der Waals surface area contributed by atoms with Crippen LogP contribution in [0.15, 0.2) is 0 Å². The molecule has 6 nitrogen and oxygen atoms in total. The van der Waals surface area contributed by atoms with E-state index < -0.39 is 0 Å². The molecule has 0 saturated carbocycles. The molecule has 0 spiro atoms. The molecule has 1 aliphatic heterocycles. The highest BCUT2D eigenvalue weighted by Crippen LogP contribution is 2.09. The third-order valence-electron chi connectivity index (χ3n) is 3.69. The van der Waals surface area contributed by atoms with E-state index in [1.165, 1.54) is 6.42 Å². The van der Waals surface area contributed by atoms with Gasteiger partial charge in [0, 0.05) is 33.1 Å². The third kappa shape index (κ3) is 3.76. The highest BCUT2D eigenvalue weighted by atomic mass is 16.2. The zero-order chi connectivity index (χ0) is 13.7. The molecular weight excluding hydrogens is 242 g/mol. The molecule has 1 aliphatic rings. The molecule has 1 amide bonds. The van der Waals surface area contributed by atoms with Gasteiger partial charge in [-0.15, -0.1) is 10.2 Å². The van der Waals surface area contributed by atoms with Crippen LogP contribution in [0.25, 0.3) is 0 Å². The van der Waals surface area contributed by atoms with E-state index in [-0.39, 0.29) is 5.91 Å². The van der Waals surface area contributed by atoms with Crippen molar-refractivity contribution in [1.82, 2.24) is 25.0 Å². The first-order chi connectivity index (χ1) is 9.18. The highest BCUT2D eigenvalue weighted by molar-refractivity contribution is 5.76. The zero-order valence-corrected chi connectivity index (χ0v) is 11.9. The molecule has 0 unspecified atom stereocenters. The van der Waals surface area contributed by atoms with Crippen molar-refractivity contribution in [3.05, 3.63) is 11.6 Å². The minimum absolute atomic E-state index is 0.265. The molecule has 2 heterocycles. The lowest BCUT2D eigenvalue weighted by atomic mass is 10.1. The van der Waals surface area contributed by atoms with Gasteiger partial charge in [-0.05, 0) is 26.2 Å². The molecule has 1 fully saturated rings. The summed E-state index contributed by atoms with van der Waals surface area (Å²) in [5.41, 5.74) is 0. The fraction of sp³-hybridized carbons (Fsp3) is 0.769. The van der Waals surface area contributed by atoms with Crippen molar-refractivity contribution in [1.29, 1.82) is 0 Å². The van der Waals surface area contributed by atoms with E-state index in [1.807, 2.05) is 23.4 Å². The zero-order valence-electron chi connectivity index (χ0n) is 11.9. The van der Waals surface area contributed by atoms with Gasteiger partial charge in [-0.1, -0.05) is 0 Å². The molecule has 106 valence electrons. The highest BCUT2D eigenvalue weighted by Gasteiger charge is 2.15. The molecule has 0 bridgehead atoms. The minimum Gasteiger partial charge on any atom is -0.343 e. The maximum absolute atomic E-state index is 11.9. The summed E-state index contributed by atoms with van der Waals surface area (Å²) in [6.07, 6.45) is 4.12. The van der Waals surface area contributed by atoms with E-state index in [9.17, 15) is 4.79 Å². The molecule has 0 aromatic carbocycles. The van der Waals surface area contributed by atoms with E-state index >= 15 is 0 Å². The third-order valence-corrected chi connectivity index (χ3v) is 3.69. The minimum atomic E-state index is 0.265. The summed E-state index contributed by atoms with van der Waals surface area (Å²) in [7, 11) is 1.95. The number of hydrogen-bond donors (Lipinski definition) is 1. The number of hydrogen-bond acceptors (Lipinski definition) is 4. The van der Waals surface area contributed by atoms with Crippen LogP contribution < -0.4 is 5.32 Å². The van der Waals surface area contributed by atoms with Gasteiger partial charge in [0.2, 0.25) is 5.91 Å². The number of aryl methyl sites for hydroxylation is 1. The maximum Gasteiger partial charge on any atom is 0.223 e. The standard InChI is InChI=1S/C13H23N5O/c1-11-15-16-12(17(11)2)10-14-7-6-13(19)18-8-4-3-5-9-18/h14H,3-10H2,1-2H3. The second-order valence-electron chi connectivity index (χ2n) is 5.09. The Morgan fingerprint density at radius 2 is 2.00 bits per heavy atom. The van der Waals surface area contributed by atoms with Crippen LogP contribution in [0.3, 0.4) is 0 Å². The van der Waals surface area contributed by atoms with E-state index in [1.54, 1.807) is 0 Å². The van der Waals surface area contributed by atoms with Gasteiger partial charge in [0.15, 0.2) is 0 Å². The van der Waals surface area contributed by atoms with Gasteiger partial charge in [0.25, 0.3) is 0 Å². The predicted molar refractivity (Wildman–Crippen MR) is 72.5 cm³/mol. The maximum atomic E-state index is 11.9. The van der Waals surface area contributed by atoms with E-state index in [0.717, 1.165) is 37.6 Å². The van der Waals surface area contributed by atoms with E-state index in [0.29, 0.717) is 19.5 Å². The summed E-state index contributed by atoms with van der Waals surface area (Å²) in [4.78, 5) is 13.9. The van der Waals surface area contributed by atoms with Crippen molar-refractivity contribution in [3.8, 4) is 0 Å². The second kappa shape index (κ2) is 6.65. The van der Waals surface area contributed by atoms with Crippen LogP contribution in [0.5, 0.6) is 0 Å². The number of likely N-dealkylation sites (tertiary alicyclic amines) is 1. The van der Waals surface area contributed by atoms with Crippen LogP contribution in [-0.2, 0) is 18.4 Å². The summed E-state index contributed by atoms with van der Waals surface area (Å²) < 4.78 is 1.96. The summed E-state index contributed by atoms with van der Waals surface area (Å²) in [5.74, 6) is 2.07. The molecule has 1 saturated heterocycles. The SMILES string of the molecule is Cc1nnc(CNCCC(=O)N2CCCCC2)n1C. The fourth-order valence-electron chi connectivity index (χ4n) is 2.30. The smallest absolute Gasteiger partial charge is 0.223 e. The van der Waals surface area contributed by atoms with E-state index in [4.69, 9.17) is 0 Å². The van der Waals surface area contributed by atoms with Gasteiger partial charge in [-0.2, -0.15) is 0 Å². The Balaban J connectivity index is 1.66. The largest absolute Gasteiger partial charge is 0.343 e. The summed E-state index contributed by atoms with van der Waals surface area (Å²) >= 11 is 0. The number of carbonyl (C=O) groups is 1. The molecule has 2 rings (SSSR count). The van der Waals surface area contributed by atoms with Gasteiger partial charge < -0.3 is 14.8 Å². The first-order valence-corrected chi connectivity index (χ1v) is 7.02. The Bertz CT molecular complexity index is 423. The first-order valence-electron chi connectivity index (χ1n) is 7.02. The Labute approximate surface area is 114 Å². The number of nitrogens with zero attached hydrogens (tertiary/aromatic N) is 4. The molecule has 0 aliphatic carbocycles. The number of carbonyl (C=O) groups excluding carboxylic acids is 1. The van der Waals surface area contributed by atoms with Crippen LogP contribution in [0, 0.1) is 6.92 Å². The van der Waals surface area contributed by atoms with Gasteiger partial charge in [0.1, 0.15) is 11.6 Å². The summed E-state index contributed by atoms with van der Waals surface area (Å²) in [6.45, 7) is 5.14. The molecule has 1 aromatic heterocycles. The van der Waals surface area contributed by atoms with Crippen molar-refractivity contribution < 1.29 is 4.79 Å². The Morgan fingerprint density at radius 1 is 1.26 bits per heavy atom. The Morgan fingerprint density at radius 3 is 2.63 bits per heavy atom. The van der Waals surface area contributed by atoms with Crippen molar-refractivity contribution in [2.75, 3.05) is 19.6 Å². The molecule has 19 heavy (non-hydrogen) atoms. The van der Waals surface area contributed by atoms with Crippen molar-refractivity contribution in [3.63, 3.8) is 0 Å². The lowest BCUT2D eigenvalue weighted by Gasteiger charge is -2.26. The molecule has 0 atom stereocenters. The van der Waals surface area contributed by atoms with Gasteiger partial charge >= 0.3 is 0 Å². The average Bonchev–Trinajstić information content (AvgIpc) is 2.76. The molecule has 1 aromatic rings. The molecular formula is C13H23N5O. The second-order valence-corrected chi connectivity index (χ2v) is 5.09. The van der Waals surface area contributed by atoms with Crippen molar-refractivity contribution in [2.45, 2.75) is 39.2 Å². The molecule has 0 radical (unpaired) electrons. The van der Waals surface area contributed by atoms with Crippen LogP contribution in [0.1, 0.15) is 37.3 Å². The van der Waals surface area contributed by atoms with Crippen molar-refractivity contribution >= 4 is 5.91 Å². The fourth-order valence-corrected chi connectivity index (χ4v) is 2.30. The molecule has 1 N–H and O–H groups in total. The number of nitrogens with one attached hydrogen (secondary N) is 1. The summed E-state index contributed by atoms with van der Waals surface area (Å²) in [5, 5.41) is 11.3. The van der Waals surface area contributed by atoms with Crippen LogP contribution in [0.4, 0.5) is 0 Å². The van der Waals surface area contributed by atoms with Crippen molar-refractivity contribution in [2.24, 2.45) is 7.05 Å². The number of rotatable bonds is 5. The lowest BCUT2D eigenvalue weighted by Crippen LogP contribution is -2.37. The Hall–Kier alpha value is -1.43. The normalized spacial score (nSPS) is 15.8. The first kappa shape index (κ1) is 14.0.